The number of anilines is 2. The highest BCUT2D eigenvalue weighted by Crippen LogP contribution is 2.30. The number of benzene rings is 1. The van der Waals surface area contributed by atoms with Crippen molar-refractivity contribution in [3.8, 4) is 5.75 Å². The first-order valence-electron chi connectivity index (χ1n) is 6.81. The summed E-state index contributed by atoms with van der Waals surface area (Å²) in [6.45, 7) is 3.57. The van der Waals surface area contributed by atoms with Crippen molar-refractivity contribution in [2.45, 2.75) is 13.8 Å². The first kappa shape index (κ1) is 16.8. The lowest BCUT2D eigenvalue weighted by molar-refractivity contribution is -0.133. The molecule has 120 valence electrons. The Morgan fingerprint density at radius 1 is 1.13 bits per heavy atom. The summed E-state index contributed by atoms with van der Waals surface area (Å²) in [6, 6.07) is 8.34. The van der Waals surface area contributed by atoms with E-state index in [1.54, 1.807) is 44.2 Å². The summed E-state index contributed by atoms with van der Waals surface area (Å²) in [5, 5.41) is 5.45. The highest BCUT2D eigenvalue weighted by atomic mass is 35.5. The molecule has 0 aliphatic heterocycles. The average molecular weight is 334 g/mol. The van der Waals surface area contributed by atoms with Gasteiger partial charge in [0, 0.05) is 16.8 Å². The Balaban J connectivity index is 2.12. The van der Waals surface area contributed by atoms with Gasteiger partial charge in [-0.2, -0.15) is 0 Å². The fourth-order valence-corrected chi connectivity index (χ4v) is 2.05. The van der Waals surface area contributed by atoms with Crippen molar-refractivity contribution in [2.75, 3.05) is 17.7 Å². The molecule has 0 radical (unpaired) electrons. The van der Waals surface area contributed by atoms with E-state index in [9.17, 15) is 9.59 Å². The highest BCUT2D eigenvalue weighted by molar-refractivity contribution is 6.43. The lowest BCUT2D eigenvalue weighted by Crippen LogP contribution is -2.29. The lowest BCUT2D eigenvalue weighted by Gasteiger charge is -2.12. The summed E-state index contributed by atoms with van der Waals surface area (Å²) >= 11 is 6.01. The van der Waals surface area contributed by atoms with Gasteiger partial charge in [0.05, 0.1) is 12.8 Å². The molecule has 2 rings (SSSR count). The third-order valence-corrected chi connectivity index (χ3v) is 3.47. The molecular weight excluding hydrogens is 318 g/mol. The number of nitrogens with zero attached hydrogens (tertiary/aromatic N) is 1. The number of carbonyl (C=O) groups excluding carboxylic acids is 2. The summed E-state index contributed by atoms with van der Waals surface area (Å²) in [7, 11) is 1.45. The van der Waals surface area contributed by atoms with Gasteiger partial charge in [0.15, 0.2) is 0 Å². The molecule has 0 bridgehead atoms. The predicted octanol–water partition coefficient (Wildman–Crippen LogP) is 2.94. The molecular formula is C16H16ClN3O3. The molecule has 0 spiro atoms. The maximum atomic E-state index is 12.0. The zero-order valence-electron chi connectivity index (χ0n) is 12.9. The number of pyridine rings is 1. The number of halogens is 1. The molecule has 23 heavy (non-hydrogen) atoms. The maximum Gasteiger partial charge on any atom is 0.315 e. The van der Waals surface area contributed by atoms with Crippen LogP contribution in [0.5, 0.6) is 5.75 Å². The van der Waals surface area contributed by atoms with Gasteiger partial charge in [-0.25, -0.2) is 4.98 Å². The van der Waals surface area contributed by atoms with Crippen LogP contribution in [0.4, 0.5) is 11.5 Å². The Kier molecular flexibility index (Phi) is 5.18. The van der Waals surface area contributed by atoms with Gasteiger partial charge in [-0.1, -0.05) is 17.7 Å². The van der Waals surface area contributed by atoms with E-state index in [0.717, 1.165) is 11.3 Å². The minimum Gasteiger partial charge on any atom is -0.495 e. The number of nitrogens with one attached hydrogen (secondary N) is 2. The molecule has 2 N–H and O–H groups in total. The van der Waals surface area contributed by atoms with E-state index in [4.69, 9.17) is 16.3 Å². The van der Waals surface area contributed by atoms with E-state index in [1.165, 1.54) is 7.11 Å². The van der Waals surface area contributed by atoms with Gasteiger partial charge >= 0.3 is 11.8 Å². The number of aromatic nitrogens is 1. The highest BCUT2D eigenvalue weighted by Gasteiger charge is 2.17. The Morgan fingerprint density at radius 2 is 1.83 bits per heavy atom. The molecule has 1 aromatic carbocycles. The predicted molar refractivity (Wildman–Crippen MR) is 89.0 cm³/mol. The number of rotatable bonds is 3. The van der Waals surface area contributed by atoms with Crippen LogP contribution in [0.15, 0.2) is 30.3 Å². The second kappa shape index (κ2) is 7.11. The SMILES string of the molecule is COc1cc(Cl)c(C)cc1NC(=O)C(=O)Nc1cccc(C)n1. The molecule has 0 aliphatic carbocycles. The number of hydrogen-bond acceptors (Lipinski definition) is 4. The third-order valence-electron chi connectivity index (χ3n) is 3.07. The summed E-state index contributed by atoms with van der Waals surface area (Å²) in [4.78, 5) is 28.1. The normalized spacial score (nSPS) is 10.1. The Hall–Kier alpha value is -2.60. The van der Waals surface area contributed by atoms with Crippen LogP contribution >= 0.6 is 11.6 Å². The van der Waals surface area contributed by atoms with Crippen LogP contribution in [-0.2, 0) is 9.59 Å². The Morgan fingerprint density at radius 3 is 2.48 bits per heavy atom. The van der Waals surface area contributed by atoms with Crippen molar-refractivity contribution >= 4 is 34.9 Å². The minimum absolute atomic E-state index is 0.310. The standard InChI is InChI=1S/C16H16ClN3O3/c1-9-7-12(13(23-3)8-11(9)17)19-15(21)16(22)20-14-6-4-5-10(2)18-14/h4-8H,1-3H3,(H,19,21)(H,18,20,22). The molecule has 0 fully saturated rings. The second-order valence-corrected chi connectivity index (χ2v) is 5.28. The van der Waals surface area contributed by atoms with Crippen molar-refractivity contribution in [3.05, 3.63) is 46.6 Å². The van der Waals surface area contributed by atoms with Crippen LogP contribution in [-0.4, -0.2) is 23.9 Å². The van der Waals surface area contributed by atoms with Gasteiger partial charge in [-0.05, 0) is 37.6 Å². The van der Waals surface area contributed by atoms with E-state index >= 15 is 0 Å². The van der Waals surface area contributed by atoms with E-state index in [1.807, 2.05) is 0 Å². The zero-order valence-corrected chi connectivity index (χ0v) is 13.7. The average Bonchev–Trinajstić information content (AvgIpc) is 2.50. The monoisotopic (exact) mass is 333 g/mol. The summed E-state index contributed by atoms with van der Waals surface area (Å²) in [5.74, 6) is -0.967. The van der Waals surface area contributed by atoms with Crippen molar-refractivity contribution in [1.82, 2.24) is 4.98 Å². The Bertz CT molecular complexity index is 762. The number of hydrogen-bond donors (Lipinski definition) is 2. The number of ether oxygens (including phenoxy) is 1. The number of amides is 2. The molecule has 0 atom stereocenters. The molecule has 0 saturated carbocycles. The fourth-order valence-electron chi connectivity index (χ4n) is 1.89. The van der Waals surface area contributed by atoms with Gasteiger partial charge in [0.2, 0.25) is 0 Å². The molecule has 0 saturated heterocycles. The molecule has 1 aromatic heterocycles. The van der Waals surface area contributed by atoms with Crippen LogP contribution in [0.25, 0.3) is 0 Å². The minimum atomic E-state index is -0.826. The molecule has 7 heteroatoms. The largest absolute Gasteiger partial charge is 0.495 e. The van der Waals surface area contributed by atoms with Crippen LogP contribution in [0.2, 0.25) is 5.02 Å². The number of aryl methyl sites for hydroxylation is 2. The molecule has 0 aliphatic rings. The number of carbonyl (C=O) groups is 2. The van der Waals surface area contributed by atoms with Gasteiger partial charge in [-0.3, -0.25) is 9.59 Å². The first-order valence-corrected chi connectivity index (χ1v) is 7.18. The van der Waals surface area contributed by atoms with E-state index < -0.39 is 11.8 Å². The summed E-state index contributed by atoms with van der Waals surface area (Å²) in [5.41, 5.74) is 1.86. The van der Waals surface area contributed by atoms with E-state index in [-0.39, 0.29) is 0 Å². The quantitative estimate of drug-likeness (QED) is 0.846. The van der Waals surface area contributed by atoms with Gasteiger partial charge in [0.25, 0.3) is 0 Å². The van der Waals surface area contributed by atoms with Crippen molar-refractivity contribution < 1.29 is 14.3 Å². The molecule has 2 amide bonds. The van der Waals surface area contributed by atoms with Crippen molar-refractivity contribution in [1.29, 1.82) is 0 Å². The molecule has 6 nitrogen and oxygen atoms in total. The molecule has 0 unspecified atom stereocenters. The second-order valence-electron chi connectivity index (χ2n) is 4.87. The van der Waals surface area contributed by atoms with Crippen LogP contribution < -0.4 is 15.4 Å². The van der Waals surface area contributed by atoms with Crippen molar-refractivity contribution in [3.63, 3.8) is 0 Å². The summed E-state index contributed by atoms with van der Waals surface area (Å²) < 4.78 is 5.15. The van der Waals surface area contributed by atoms with E-state index in [2.05, 4.69) is 15.6 Å². The van der Waals surface area contributed by atoms with Gasteiger partial charge < -0.3 is 15.4 Å². The van der Waals surface area contributed by atoms with Crippen LogP contribution in [0, 0.1) is 13.8 Å². The maximum absolute atomic E-state index is 12.0. The third kappa shape index (κ3) is 4.20. The van der Waals surface area contributed by atoms with Crippen molar-refractivity contribution in [2.24, 2.45) is 0 Å². The van der Waals surface area contributed by atoms with Gasteiger partial charge in [-0.15, -0.1) is 0 Å². The summed E-state index contributed by atoms with van der Waals surface area (Å²) in [6.07, 6.45) is 0. The van der Waals surface area contributed by atoms with E-state index in [0.29, 0.717) is 22.3 Å². The zero-order chi connectivity index (χ0) is 17.0. The Labute approximate surface area is 138 Å². The van der Waals surface area contributed by atoms with Crippen LogP contribution in [0.3, 0.4) is 0 Å². The smallest absolute Gasteiger partial charge is 0.315 e. The number of methoxy groups -OCH3 is 1. The van der Waals surface area contributed by atoms with Crippen LogP contribution in [0.1, 0.15) is 11.3 Å². The topological polar surface area (TPSA) is 80.3 Å². The van der Waals surface area contributed by atoms with Gasteiger partial charge in [0.1, 0.15) is 11.6 Å². The lowest BCUT2D eigenvalue weighted by atomic mass is 10.2. The molecule has 1 heterocycles. The first-order chi connectivity index (χ1) is 10.9. The fraction of sp³-hybridized carbons (Fsp3) is 0.188. The molecule has 2 aromatic rings.